The van der Waals surface area contributed by atoms with Crippen LogP contribution in [0.1, 0.15) is 60.3 Å². The Labute approximate surface area is 267 Å². The fraction of sp³-hybridized carbons (Fsp3) is 0.382. The van der Waals surface area contributed by atoms with Gasteiger partial charge < -0.3 is 35.7 Å². The van der Waals surface area contributed by atoms with Crippen molar-refractivity contribution in [2.75, 3.05) is 13.2 Å². The number of hydrogen-bond donors (Lipinski definition) is 5. The van der Waals surface area contributed by atoms with Crippen molar-refractivity contribution in [1.82, 2.24) is 30.8 Å². The summed E-state index contributed by atoms with van der Waals surface area (Å²) < 4.78 is 5.16. The van der Waals surface area contributed by atoms with E-state index in [0.717, 1.165) is 48.7 Å². The van der Waals surface area contributed by atoms with Gasteiger partial charge in [0.05, 0.1) is 24.2 Å². The predicted octanol–water partition coefficient (Wildman–Crippen LogP) is 4.65. The number of carboxylic acids is 1. The van der Waals surface area contributed by atoms with Gasteiger partial charge >= 0.3 is 18.1 Å². The van der Waals surface area contributed by atoms with E-state index in [1.807, 2.05) is 48.6 Å². The number of aromatic amines is 1. The number of aliphatic carboxylic acids is 1. The Morgan fingerprint density at radius 2 is 1.78 bits per heavy atom. The second-order valence-electron chi connectivity index (χ2n) is 11.7. The van der Waals surface area contributed by atoms with Gasteiger partial charge in [0.25, 0.3) is 5.91 Å². The summed E-state index contributed by atoms with van der Waals surface area (Å²) in [6.07, 6.45) is 12.8. The number of carboxylic acid groups (broad SMARTS) is 1. The minimum atomic E-state index is -1.37. The number of urea groups is 1. The number of rotatable bonds is 12. The summed E-state index contributed by atoms with van der Waals surface area (Å²) in [6, 6.07) is 13.1. The molecule has 242 valence electrons. The number of aromatic nitrogens is 2. The SMILES string of the molecule is O=C(NC(CNC(=O)c1ccc(CN(Cc2nc3ccccc3[nH]2)C(=O)NC2CCCCC2)cc1)C(=O)O)OCC1C=CC=CC1. The van der Waals surface area contributed by atoms with Crippen molar-refractivity contribution in [3.8, 4) is 0 Å². The van der Waals surface area contributed by atoms with Crippen LogP contribution in [-0.2, 0) is 22.6 Å². The number of imidazole rings is 1. The Morgan fingerprint density at radius 1 is 1.00 bits per heavy atom. The molecule has 2 aliphatic carbocycles. The zero-order chi connectivity index (χ0) is 32.3. The molecule has 12 heteroatoms. The highest BCUT2D eigenvalue weighted by Gasteiger charge is 2.24. The van der Waals surface area contributed by atoms with E-state index in [4.69, 9.17) is 4.74 Å². The number of carbonyl (C=O) groups excluding carboxylic acids is 3. The van der Waals surface area contributed by atoms with Gasteiger partial charge in [-0.2, -0.15) is 0 Å². The number of nitrogens with zero attached hydrogens (tertiary/aromatic N) is 2. The number of nitrogens with one attached hydrogen (secondary N) is 4. The van der Waals surface area contributed by atoms with Crippen molar-refractivity contribution in [2.45, 2.75) is 63.7 Å². The van der Waals surface area contributed by atoms with Gasteiger partial charge in [-0.3, -0.25) is 4.79 Å². The van der Waals surface area contributed by atoms with Crippen LogP contribution in [0.3, 0.4) is 0 Å². The first-order valence-electron chi connectivity index (χ1n) is 15.7. The minimum Gasteiger partial charge on any atom is -0.480 e. The molecule has 0 aliphatic heterocycles. The van der Waals surface area contributed by atoms with E-state index < -0.39 is 24.0 Å². The molecule has 1 aromatic heterocycles. The van der Waals surface area contributed by atoms with Crippen molar-refractivity contribution >= 4 is 35.0 Å². The Bertz CT molecular complexity index is 1540. The smallest absolute Gasteiger partial charge is 0.407 e. The standard InChI is InChI=1S/C34H40N6O6/c41-31(35-19-29(32(42)43)39-34(45)46-22-24-9-3-1-4-10-24)25-17-15-23(16-18-25)20-40(33(44)36-26-11-5-2-6-12-26)21-30-37-27-13-7-8-14-28(27)38-30/h1,3-4,7-9,13-18,24,26,29H,2,5-6,10-12,19-22H2,(H,35,41)(H,36,44)(H,37,38)(H,39,45)(H,42,43). The van der Waals surface area contributed by atoms with Crippen LogP contribution in [-0.4, -0.2) is 69.2 Å². The Hall–Kier alpha value is -5.13. The zero-order valence-electron chi connectivity index (χ0n) is 25.6. The van der Waals surface area contributed by atoms with Crippen molar-refractivity contribution in [2.24, 2.45) is 5.92 Å². The molecule has 1 saturated carbocycles. The van der Waals surface area contributed by atoms with Crippen molar-refractivity contribution in [1.29, 1.82) is 0 Å². The molecule has 0 saturated heterocycles. The van der Waals surface area contributed by atoms with Crippen LogP contribution < -0.4 is 16.0 Å². The lowest BCUT2D eigenvalue weighted by Gasteiger charge is -2.28. The second-order valence-corrected chi connectivity index (χ2v) is 11.7. The number of benzene rings is 2. The van der Waals surface area contributed by atoms with E-state index in [0.29, 0.717) is 11.4 Å². The topological polar surface area (TPSA) is 166 Å². The maximum atomic E-state index is 13.4. The minimum absolute atomic E-state index is 0.0327. The number of carbonyl (C=O) groups is 4. The van der Waals surface area contributed by atoms with Crippen LogP contribution in [0.5, 0.6) is 0 Å². The molecule has 0 bridgehead atoms. The first-order chi connectivity index (χ1) is 22.3. The number of amides is 4. The van der Waals surface area contributed by atoms with Crippen LogP contribution in [0, 0.1) is 5.92 Å². The molecular weight excluding hydrogens is 588 g/mol. The molecule has 12 nitrogen and oxygen atoms in total. The molecule has 5 rings (SSSR count). The molecule has 4 amide bonds. The maximum Gasteiger partial charge on any atom is 0.407 e. The average Bonchev–Trinajstić information content (AvgIpc) is 3.49. The Balaban J connectivity index is 1.17. The summed E-state index contributed by atoms with van der Waals surface area (Å²) in [5.41, 5.74) is 2.84. The van der Waals surface area contributed by atoms with E-state index in [1.165, 1.54) is 6.42 Å². The van der Waals surface area contributed by atoms with Crippen LogP contribution >= 0.6 is 0 Å². The fourth-order valence-electron chi connectivity index (χ4n) is 5.57. The van der Waals surface area contributed by atoms with E-state index in [-0.39, 0.29) is 44.2 Å². The number of H-pyrrole nitrogens is 1. The summed E-state index contributed by atoms with van der Waals surface area (Å²) in [6.45, 7) is 0.354. The van der Waals surface area contributed by atoms with Crippen LogP contribution in [0.15, 0.2) is 72.8 Å². The molecule has 2 aliphatic rings. The number of hydrogen-bond acceptors (Lipinski definition) is 6. The van der Waals surface area contributed by atoms with Crippen molar-refractivity contribution in [3.63, 3.8) is 0 Å². The molecule has 1 heterocycles. The van der Waals surface area contributed by atoms with E-state index in [1.54, 1.807) is 29.2 Å². The molecule has 5 N–H and O–H groups in total. The summed E-state index contributed by atoms with van der Waals surface area (Å²) in [7, 11) is 0. The van der Waals surface area contributed by atoms with Gasteiger partial charge in [-0.25, -0.2) is 19.4 Å². The average molecular weight is 629 g/mol. The lowest BCUT2D eigenvalue weighted by Crippen LogP contribution is -2.48. The number of alkyl carbamates (subject to hydrolysis) is 1. The van der Waals surface area contributed by atoms with Crippen LogP contribution in [0.25, 0.3) is 11.0 Å². The highest BCUT2D eigenvalue weighted by molar-refractivity contribution is 5.94. The first kappa shape index (κ1) is 32.3. The Morgan fingerprint density at radius 3 is 2.50 bits per heavy atom. The maximum absolute atomic E-state index is 13.4. The largest absolute Gasteiger partial charge is 0.480 e. The highest BCUT2D eigenvalue weighted by atomic mass is 16.5. The summed E-state index contributed by atoms with van der Waals surface area (Å²) in [4.78, 5) is 59.8. The molecular formula is C34H40N6O6. The van der Waals surface area contributed by atoms with Gasteiger partial charge in [-0.05, 0) is 49.1 Å². The van der Waals surface area contributed by atoms with Gasteiger partial charge in [0.15, 0.2) is 0 Å². The monoisotopic (exact) mass is 628 g/mol. The third kappa shape index (κ3) is 9.19. The van der Waals surface area contributed by atoms with Gasteiger partial charge in [0.1, 0.15) is 11.9 Å². The molecule has 1 fully saturated rings. The van der Waals surface area contributed by atoms with Crippen LogP contribution in [0.2, 0.25) is 0 Å². The van der Waals surface area contributed by atoms with E-state index in [9.17, 15) is 24.3 Å². The van der Waals surface area contributed by atoms with Crippen LogP contribution in [0.4, 0.5) is 9.59 Å². The number of para-hydroxylation sites is 2. The first-order valence-corrected chi connectivity index (χ1v) is 15.7. The third-order valence-corrected chi connectivity index (χ3v) is 8.14. The quantitative estimate of drug-likeness (QED) is 0.195. The van der Waals surface area contributed by atoms with Gasteiger partial charge in [0.2, 0.25) is 0 Å². The van der Waals surface area contributed by atoms with Crippen molar-refractivity contribution in [3.05, 3.63) is 89.8 Å². The van der Waals surface area contributed by atoms with Gasteiger partial charge in [-0.15, -0.1) is 0 Å². The van der Waals surface area contributed by atoms with Gasteiger partial charge in [0, 0.05) is 30.6 Å². The molecule has 2 atom stereocenters. The normalized spacial score (nSPS) is 16.8. The predicted molar refractivity (Wildman–Crippen MR) is 172 cm³/mol. The molecule has 2 unspecified atom stereocenters. The summed E-state index contributed by atoms with van der Waals surface area (Å²) in [5, 5.41) is 17.6. The van der Waals surface area contributed by atoms with E-state index in [2.05, 4.69) is 25.9 Å². The number of fused-ring (bicyclic) bond motifs is 1. The molecule has 46 heavy (non-hydrogen) atoms. The lowest BCUT2D eigenvalue weighted by atomic mass is 9.96. The molecule has 0 radical (unpaired) electrons. The number of allylic oxidation sites excluding steroid dienone is 3. The molecule has 3 aromatic rings. The molecule has 2 aromatic carbocycles. The lowest BCUT2D eigenvalue weighted by molar-refractivity contribution is -0.139. The summed E-state index contributed by atoms with van der Waals surface area (Å²) >= 11 is 0. The fourth-order valence-corrected chi connectivity index (χ4v) is 5.57. The zero-order valence-corrected chi connectivity index (χ0v) is 25.6. The van der Waals surface area contributed by atoms with Crippen molar-refractivity contribution < 1.29 is 29.0 Å². The number of ether oxygens (including phenoxy) is 1. The summed E-state index contributed by atoms with van der Waals surface area (Å²) in [5.74, 6) is -1.10. The molecule has 0 spiro atoms. The van der Waals surface area contributed by atoms with E-state index >= 15 is 0 Å². The third-order valence-electron chi connectivity index (χ3n) is 8.14. The second kappa shape index (κ2) is 15.7. The highest BCUT2D eigenvalue weighted by Crippen LogP contribution is 2.19. The Kier molecular flexibility index (Phi) is 11.0. The van der Waals surface area contributed by atoms with Gasteiger partial charge in [-0.1, -0.05) is 67.8 Å².